The molecule has 4 aromatic rings. The van der Waals surface area contributed by atoms with Crippen molar-refractivity contribution in [2.24, 2.45) is 0 Å². The topological polar surface area (TPSA) is 98.6 Å². The lowest BCUT2D eigenvalue weighted by Crippen LogP contribution is -2.16. The quantitative estimate of drug-likeness (QED) is 0.397. The van der Waals surface area contributed by atoms with Gasteiger partial charge in [0.25, 0.3) is 5.56 Å². The number of methoxy groups -OCH3 is 1. The molecule has 0 atom stereocenters. The van der Waals surface area contributed by atoms with Gasteiger partial charge in [0.05, 0.1) is 30.5 Å². The highest BCUT2D eigenvalue weighted by Gasteiger charge is 2.17. The first-order valence-electron chi connectivity index (χ1n) is 11.4. The van der Waals surface area contributed by atoms with Crippen molar-refractivity contribution in [3.05, 3.63) is 81.0 Å². The molecule has 2 aromatic heterocycles. The summed E-state index contributed by atoms with van der Waals surface area (Å²) in [4.78, 5) is 32.1. The Morgan fingerprint density at radius 1 is 1.09 bits per heavy atom. The molecule has 0 aliphatic carbocycles. The van der Waals surface area contributed by atoms with Gasteiger partial charge in [-0.1, -0.05) is 25.1 Å². The van der Waals surface area contributed by atoms with Crippen LogP contribution in [-0.2, 0) is 17.6 Å². The summed E-state index contributed by atoms with van der Waals surface area (Å²) in [6.07, 6.45) is 2.26. The number of nitrogens with zero attached hydrogens (tertiary/aromatic N) is 3. The Hall–Kier alpha value is -3.94. The summed E-state index contributed by atoms with van der Waals surface area (Å²) in [5, 5.41) is 4.74. The molecule has 0 saturated carbocycles. The zero-order valence-corrected chi connectivity index (χ0v) is 19.8. The van der Waals surface area contributed by atoms with Crippen LogP contribution in [-0.4, -0.2) is 39.3 Å². The number of rotatable bonds is 8. The third-order valence-corrected chi connectivity index (χ3v) is 5.60. The molecule has 0 spiro atoms. The van der Waals surface area contributed by atoms with E-state index >= 15 is 0 Å². The molecule has 0 saturated heterocycles. The van der Waals surface area contributed by atoms with Gasteiger partial charge in [-0.05, 0) is 62.1 Å². The normalized spacial score (nSPS) is 11.1. The number of hydrogen-bond acceptors (Lipinski definition) is 6. The second-order valence-electron chi connectivity index (χ2n) is 8.06. The van der Waals surface area contributed by atoms with E-state index in [2.05, 4.69) is 16.9 Å². The molecule has 0 radical (unpaired) electrons. The van der Waals surface area contributed by atoms with Gasteiger partial charge >= 0.3 is 5.97 Å². The lowest BCUT2D eigenvalue weighted by Gasteiger charge is -2.13. The number of esters is 1. The minimum absolute atomic E-state index is 0.233. The highest BCUT2D eigenvalue weighted by Crippen LogP contribution is 2.29. The predicted molar refractivity (Wildman–Crippen MR) is 130 cm³/mol. The second-order valence-corrected chi connectivity index (χ2v) is 8.06. The number of aromatic amines is 1. The molecule has 1 N–H and O–H groups in total. The average molecular weight is 461 g/mol. The Morgan fingerprint density at radius 3 is 2.50 bits per heavy atom. The third kappa shape index (κ3) is 4.57. The molecular weight excluding hydrogens is 432 g/mol. The zero-order valence-electron chi connectivity index (χ0n) is 19.8. The molecule has 0 amide bonds. The summed E-state index contributed by atoms with van der Waals surface area (Å²) in [6, 6.07) is 13.2. The Morgan fingerprint density at radius 2 is 1.82 bits per heavy atom. The monoisotopic (exact) mass is 460 g/mol. The number of benzene rings is 2. The Balaban J connectivity index is 1.76. The SMILES string of the molecule is CCCc1nc(C)c2c(=O)[nH]c(-c3cc(Cc4ccc(C(=O)OC)cc4)ccc3OCC)nn12. The molecule has 8 nitrogen and oxygen atoms in total. The van der Waals surface area contributed by atoms with E-state index in [1.807, 2.05) is 44.2 Å². The van der Waals surface area contributed by atoms with Crippen molar-refractivity contribution in [3.63, 3.8) is 0 Å². The molecular formula is C26H28N4O4. The van der Waals surface area contributed by atoms with E-state index in [9.17, 15) is 9.59 Å². The number of ether oxygens (including phenoxy) is 2. The molecule has 8 heteroatoms. The minimum atomic E-state index is -0.363. The number of fused-ring (bicyclic) bond motifs is 1. The van der Waals surface area contributed by atoms with Gasteiger partial charge in [0.15, 0.2) is 11.3 Å². The summed E-state index contributed by atoms with van der Waals surface area (Å²) in [5.41, 5.74) is 4.16. The number of imidazole rings is 1. The van der Waals surface area contributed by atoms with E-state index in [4.69, 9.17) is 14.6 Å². The van der Waals surface area contributed by atoms with Crippen molar-refractivity contribution < 1.29 is 14.3 Å². The molecule has 176 valence electrons. The van der Waals surface area contributed by atoms with E-state index in [-0.39, 0.29) is 11.5 Å². The summed E-state index contributed by atoms with van der Waals surface area (Å²) in [6.45, 7) is 6.29. The van der Waals surface area contributed by atoms with Crippen LogP contribution in [0, 0.1) is 6.92 Å². The van der Waals surface area contributed by atoms with Crippen LogP contribution < -0.4 is 10.3 Å². The van der Waals surface area contributed by atoms with Crippen LogP contribution in [0.5, 0.6) is 5.75 Å². The first-order chi connectivity index (χ1) is 16.4. The fourth-order valence-electron chi connectivity index (χ4n) is 4.01. The van der Waals surface area contributed by atoms with Gasteiger partial charge < -0.3 is 14.5 Å². The standard InChI is InChI=1S/C26H28N4O4/c1-5-7-22-27-16(3)23-25(31)28-24(29-30(22)23)20-15-18(10-13-21(20)34-6-2)14-17-8-11-19(12-9-17)26(32)33-4/h8-13,15H,5-7,14H2,1-4H3,(H,28,29,31). The number of H-pyrrole nitrogens is 1. The summed E-state index contributed by atoms with van der Waals surface area (Å²) in [5.74, 6) is 1.47. The molecule has 2 heterocycles. The van der Waals surface area contributed by atoms with Crippen molar-refractivity contribution in [2.75, 3.05) is 13.7 Å². The maximum absolute atomic E-state index is 12.9. The maximum Gasteiger partial charge on any atom is 0.337 e. The number of aromatic nitrogens is 4. The predicted octanol–water partition coefficient (Wildman–Crippen LogP) is 4.12. The second kappa shape index (κ2) is 9.91. The van der Waals surface area contributed by atoms with Crippen LogP contribution in [0.4, 0.5) is 0 Å². The highest BCUT2D eigenvalue weighted by molar-refractivity contribution is 5.89. The van der Waals surface area contributed by atoms with E-state index < -0.39 is 0 Å². The van der Waals surface area contributed by atoms with Gasteiger partial charge in [0.1, 0.15) is 11.6 Å². The molecule has 0 unspecified atom stereocenters. The summed E-state index contributed by atoms with van der Waals surface area (Å²) >= 11 is 0. The van der Waals surface area contributed by atoms with Crippen LogP contribution in [0.1, 0.15) is 53.3 Å². The fraction of sp³-hybridized carbons (Fsp3) is 0.308. The Labute approximate surface area is 197 Å². The van der Waals surface area contributed by atoms with Gasteiger partial charge in [0.2, 0.25) is 0 Å². The molecule has 0 aliphatic heterocycles. The zero-order chi connectivity index (χ0) is 24.2. The summed E-state index contributed by atoms with van der Waals surface area (Å²) < 4.78 is 12.3. The molecule has 0 bridgehead atoms. The van der Waals surface area contributed by atoms with Gasteiger partial charge in [-0.25, -0.2) is 14.3 Å². The molecule has 2 aromatic carbocycles. The van der Waals surface area contributed by atoms with Gasteiger partial charge in [-0.15, -0.1) is 5.10 Å². The molecule has 4 rings (SSSR count). The van der Waals surface area contributed by atoms with E-state index in [1.54, 1.807) is 16.6 Å². The number of hydrogen-bond donors (Lipinski definition) is 1. The van der Waals surface area contributed by atoms with Crippen molar-refractivity contribution in [1.82, 2.24) is 19.6 Å². The number of carbonyl (C=O) groups is 1. The van der Waals surface area contributed by atoms with Crippen molar-refractivity contribution in [2.45, 2.75) is 40.0 Å². The number of carbonyl (C=O) groups excluding carboxylic acids is 1. The molecule has 0 fully saturated rings. The lowest BCUT2D eigenvalue weighted by atomic mass is 10.0. The minimum Gasteiger partial charge on any atom is -0.493 e. The Kier molecular flexibility index (Phi) is 6.77. The van der Waals surface area contributed by atoms with E-state index in [1.165, 1.54) is 7.11 Å². The van der Waals surface area contributed by atoms with E-state index in [0.717, 1.165) is 29.8 Å². The highest BCUT2D eigenvalue weighted by atomic mass is 16.5. The first kappa shape index (κ1) is 23.2. The Bertz CT molecular complexity index is 1390. The maximum atomic E-state index is 12.9. The van der Waals surface area contributed by atoms with Gasteiger partial charge in [-0.2, -0.15) is 0 Å². The molecule has 34 heavy (non-hydrogen) atoms. The number of nitrogens with one attached hydrogen (secondary N) is 1. The van der Waals surface area contributed by atoms with Gasteiger partial charge in [0, 0.05) is 6.42 Å². The largest absolute Gasteiger partial charge is 0.493 e. The van der Waals surface area contributed by atoms with Crippen LogP contribution in [0.3, 0.4) is 0 Å². The lowest BCUT2D eigenvalue weighted by molar-refractivity contribution is 0.0600. The van der Waals surface area contributed by atoms with Crippen LogP contribution in [0.15, 0.2) is 47.3 Å². The van der Waals surface area contributed by atoms with Crippen molar-refractivity contribution >= 4 is 11.5 Å². The van der Waals surface area contributed by atoms with Gasteiger partial charge in [-0.3, -0.25) is 4.79 Å². The van der Waals surface area contributed by atoms with Crippen molar-refractivity contribution in [1.29, 1.82) is 0 Å². The van der Waals surface area contributed by atoms with Crippen molar-refractivity contribution in [3.8, 4) is 17.1 Å². The number of aryl methyl sites for hydroxylation is 2. The first-order valence-corrected chi connectivity index (χ1v) is 11.4. The fourth-order valence-corrected chi connectivity index (χ4v) is 4.01. The van der Waals surface area contributed by atoms with Crippen LogP contribution in [0.2, 0.25) is 0 Å². The van der Waals surface area contributed by atoms with Crippen LogP contribution >= 0.6 is 0 Å². The third-order valence-electron chi connectivity index (χ3n) is 5.60. The smallest absolute Gasteiger partial charge is 0.337 e. The summed E-state index contributed by atoms with van der Waals surface area (Å²) in [7, 11) is 1.36. The van der Waals surface area contributed by atoms with E-state index in [0.29, 0.717) is 46.9 Å². The average Bonchev–Trinajstić information content (AvgIpc) is 3.16. The van der Waals surface area contributed by atoms with Crippen LogP contribution in [0.25, 0.3) is 16.9 Å². The molecule has 0 aliphatic rings.